The summed E-state index contributed by atoms with van der Waals surface area (Å²) in [7, 11) is 0. The van der Waals surface area contributed by atoms with Crippen molar-refractivity contribution in [3.05, 3.63) is 66.2 Å². The second-order valence-electron chi connectivity index (χ2n) is 7.10. The van der Waals surface area contributed by atoms with E-state index in [1.807, 2.05) is 36.4 Å². The number of para-hydroxylation sites is 1. The van der Waals surface area contributed by atoms with Crippen molar-refractivity contribution < 1.29 is 19.1 Å². The lowest BCUT2D eigenvalue weighted by Crippen LogP contribution is -2.44. The SMILES string of the molecule is O=C(CNC(=O)c1ccccc1)OCC(=O)N(c1ccccc1)C1CCCCC1. The molecular weight excluding hydrogens is 368 g/mol. The van der Waals surface area contributed by atoms with Crippen molar-refractivity contribution in [1.29, 1.82) is 0 Å². The van der Waals surface area contributed by atoms with Crippen LogP contribution in [0, 0.1) is 0 Å². The monoisotopic (exact) mass is 394 g/mol. The number of nitrogens with zero attached hydrogens (tertiary/aromatic N) is 1. The number of hydrogen-bond donors (Lipinski definition) is 1. The Hall–Kier alpha value is -3.15. The fraction of sp³-hybridized carbons (Fsp3) is 0.348. The molecule has 6 nitrogen and oxygen atoms in total. The third-order valence-corrected chi connectivity index (χ3v) is 5.03. The normalized spacial score (nSPS) is 14.1. The number of amides is 2. The molecule has 1 N–H and O–H groups in total. The fourth-order valence-electron chi connectivity index (χ4n) is 3.59. The molecule has 2 aromatic rings. The van der Waals surface area contributed by atoms with Crippen molar-refractivity contribution in [2.75, 3.05) is 18.1 Å². The summed E-state index contributed by atoms with van der Waals surface area (Å²) in [6.45, 7) is -0.624. The van der Waals surface area contributed by atoms with E-state index in [9.17, 15) is 14.4 Å². The van der Waals surface area contributed by atoms with Crippen LogP contribution in [0.5, 0.6) is 0 Å². The maximum atomic E-state index is 12.9. The minimum absolute atomic E-state index is 0.120. The number of ether oxygens (including phenoxy) is 1. The minimum Gasteiger partial charge on any atom is -0.454 e. The average molecular weight is 394 g/mol. The predicted molar refractivity (Wildman–Crippen MR) is 111 cm³/mol. The summed E-state index contributed by atoms with van der Waals surface area (Å²) in [5.41, 5.74) is 1.28. The van der Waals surface area contributed by atoms with Gasteiger partial charge in [0.25, 0.3) is 11.8 Å². The van der Waals surface area contributed by atoms with E-state index in [0.29, 0.717) is 5.56 Å². The summed E-state index contributed by atoms with van der Waals surface area (Å²) in [6.07, 6.45) is 5.26. The molecule has 6 heteroatoms. The van der Waals surface area contributed by atoms with Crippen molar-refractivity contribution in [2.45, 2.75) is 38.1 Å². The highest BCUT2D eigenvalue weighted by molar-refractivity contribution is 5.97. The molecule has 0 unspecified atom stereocenters. The molecule has 0 aliphatic heterocycles. The third kappa shape index (κ3) is 5.91. The number of esters is 1. The van der Waals surface area contributed by atoms with E-state index < -0.39 is 5.97 Å². The zero-order valence-corrected chi connectivity index (χ0v) is 16.4. The minimum atomic E-state index is -0.640. The highest BCUT2D eigenvalue weighted by Gasteiger charge is 2.27. The third-order valence-electron chi connectivity index (χ3n) is 5.03. The van der Waals surface area contributed by atoms with E-state index in [2.05, 4.69) is 5.32 Å². The Morgan fingerprint density at radius 1 is 0.897 bits per heavy atom. The van der Waals surface area contributed by atoms with Gasteiger partial charge in [0.1, 0.15) is 6.54 Å². The highest BCUT2D eigenvalue weighted by Crippen LogP contribution is 2.27. The van der Waals surface area contributed by atoms with Gasteiger partial charge >= 0.3 is 5.97 Å². The zero-order valence-electron chi connectivity index (χ0n) is 16.4. The molecule has 0 aromatic heterocycles. The van der Waals surface area contributed by atoms with E-state index in [0.717, 1.165) is 31.4 Å². The lowest BCUT2D eigenvalue weighted by molar-refractivity contribution is -0.146. The molecule has 0 spiro atoms. The van der Waals surface area contributed by atoms with Crippen molar-refractivity contribution >= 4 is 23.5 Å². The van der Waals surface area contributed by atoms with Gasteiger partial charge in [0.15, 0.2) is 6.61 Å². The van der Waals surface area contributed by atoms with E-state index in [1.54, 1.807) is 29.2 Å². The van der Waals surface area contributed by atoms with Gasteiger partial charge in [-0.3, -0.25) is 14.4 Å². The number of benzene rings is 2. The van der Waals surface area contributed by atoms with Crippen LogP contribution in [0.1, 0.15) is 42.5 Å². The van der Waals surface area contributed by atoms with E-state index >= 15 is 0 Å². The second kappa shape index (κ2) is 10.4. The molecule has 3 rings (SSSR count). The molecule has 29 heavy (non-hydrogen) atoms. The first-order valence-corrected chi connectivity index (χ1v) is 10.0. The highest BCUT2D eigenvalue weighted by atomic mass is 16.5. The van der Waals surface area contributed by atoms with Crippen LogP contribution in [0.15, 0.2) is 60.7 Å². The largest absolute Gasteiger partial charge is 0.454 e. The van der Waals surface area contributed by atoms with E-state index in [1.165, 1.54) is 6.42 Å². The summed E-state index contributed by atoms with van der Waals surface area (Å²) >= 11 is 0. The molecule has 1 fully saturated rings. The molecular formula is C23H26N2O4. The fourth-order valence-corrected chi connectivity index (χ4v) is 3.59. The van der Waals surface area contributed by atoms with Gasteiger partial charge in [-0.1, -0.05) is 55.7 Å². The van der Waals surface area contributed by atoms with Gasteiger partial charge in [-0.15, -0.1) is 0 Å². The standard InChI is InChI=1S/C23H26N2O4/c26-21(17-29-22(27)16-24-23(28)18-10-4-1-5-11-18)25(19-12-6-2-7-13-19)20-14-8-3-9-15-20/h1-2,4-7,10-13,20H,3,8-9,14-17H2,(H,24,28). The predicted octanol–water partition coefficient (Wildman–Crippen LogP) is 3.33. The summed E-state index contributed by atoms with van der Waals surface area (Å²) in [5, 5.41) is 2.51. The number of rotatable bonds is 7. The van der Waals surface area contributed by atoms with Gasteiger partial charge in [0, 0.05) is 17.3 Å². The van der Waals surface area contributed by atoms with Crippen molar-refractivity contribution in [3.8, 4) is 0 Å². The Morgan fingerprint density at radius 3 is 2.17 bits per heavy atom. The van der Waals surface area contributed by atoms with Crippen LogP contribution in [0.25, 0.3) is 0 Å². The topological polar surface area (TPSA) is 75.7 Å². The Labute approximate surface area is 170 Å². The Balaban J connectivity index is 1.54. The number of nitrogens with one attached hydrogen (secondary N) is 1. The van der Waals surface area contributed by atoms with Crippen LogP contribution in [0.2, 0.25) is 0 Å². The van der Waals surface area contributed by atoms with Gasteiger partial charge in [0.05, 0.1) is 0 Å². The summed E-state index contributed by atoms with van der Waals surface area (Å²) < 4.78 is 5.14. The first-order chi connectivity index (χ1) is 14.1. The Morgan fingerprint density at radius 2 is 1.52 bits per heavy atom. The maximum absolute atomic E-state index is 12.9. The molecule has 2 amide bonds. The molecule has 0 bridgehead atoms. The molecule has 0 heterocycles. The lowest BCUT2D eigenvalue weighted by Gasteiger charge is -2.34. The van der Waals surface area contributed by atoms with Gasteiger partial charge in [-0.05, 0) is 37.1 Å². The molecule has 0 radical (unpaired) electrons. The van der Waals surface area contributed by atoms with Crippen LogP contribution in [-0.2, 0) is 14.3 Å². The summed E-state index contributed by atoms with van der Waals surface area (Å²) in [5.74, 6) is -1.24. The van der Waals surface area contributed by atoms with Crippen LogP contribution >= 0.6 is 0 Å². The van der Waals surface area contributed by atoms with Gasteiger partial charge in [0.2, 0.25) is 0 Å². The van der Waals surface area contributed by atoms with Crippen molar-refractivity contribution in [3.63, 3.8) is 0 Å². The van der Waals surface area contributed by atoms with Crippen LogP contribution in [-0.4, -0.2) is 37.0 Å². The summed E-state index contributed by atoms with van der Waals surface area (Å²) in [6, 6.07) is 18.2. The van der Waals surface area contributed by atoms with E-state index in [-0.39, 0.29) is 31.0 Å². The van der Waals surface area contributed by atoms with Crippen molar-refractivity contribution in [1.82, 2.24) is 5.32 Å². The number of carbonyl (C=O) groups excluding carboxylic acids is 3. The smallest absolute Gasteiger partial charge is 0.325 e. The first-order valence-electron chi connectivity index (χ1n) is 10.0. The van der Waals surface area contributed by atoms with Gasteiger partial charge in [-0.2, -0.15) is 0 Å². The Kier molecular flexibility index (Phi) is 7.39. The van der Waals surface area contributed by atoms with Crippen LogP contribution in [0.4, 0.5) is 5.69 Å². The molecule has 2 aromatic carbocycles. The lowest BCUT2D eigenvalue weighted by atomic mass is 9.93. The van der Waals surface area contributed by atoms with Crippen LogP contribution in [0.3, 0.4) is 0 Å². The molecule has 0 saturated heterocycles. The van der Waals surface area contributed by atoms with Crippen LogP contribution < -0.4 is 10.2 Å². The maximum Gasteiger partial charge on any atom is 0.325 e. The quantitative estimate of drug-likeness (QED) is 0.731. The summed E-state index contributed by atoms with van der Waals surface area (Å²) in [4.78, 5) is 38.6. The Bertz CT molecular complexity index is 817. The molecule has 1 saturated carbocycles. The van der Waals surface area contributed by atoms with Crippen molar-refractivity contribution in [2.24, 2.45) is 0 Å². The molecule has 152 valence electrons. The molecule has 1 aliphatic rings. The second-order valence-corrected chi connectivity index (χ2v) is 7.10. The molecule has 1 aliphatic carbocycles. The van der Waals surface area contributed by atoms with Gasteiger partial charge in [-0.25, -0.2) is 0 Å². The number of hydrogen-bond acceptors (Lipinski definition) is 4. The molecule has 0 atom stereocenters. The zero-order chi connectivity index (χ0) is 20.5. The first kappa shape index (κ1) is 20.6. The van der Waals surface area contributed by atoms with E-state index in [4.69, 9.17) is 4.74 Å². The number of carbonyl (C=O) groups is 3. The number of anilines is 1. The average Bonchev–Trinajstić information content (AvgIpc) is 2.78. The van der Waals surface area contributed by atoms with Gasteiger partial charge < -0.3 is 15.0 Å².